The molecule has 7 nitrogen and oxygen atoms in total. The highest BCUT2D eigenvalue weighted by molar-refractivity contribution is 6.06. The Bertz CT molecular complexity index is 1280. The maximum Gasteiger partial charge on any atom is 0.234 e. The van der Waals surface area contributed by atoms with E-state index in [1.165, 1.54) is 4.90 Å². The molecule has 2 aliphatic carbocycles. The number of carbonyl (C=O) groups excluding carboxylic acids is 2. The Kier molecular flexibility index (Phi) is 9.38. The van der Waals surface area contributed by atoms with E-state index in [0.717, 1.165) is 54.4 Å². The molecule has 4 atom stereocenters. The molecule has 3 aliphatic rings. The van der Waals surface area contributed by atoms with Gasteiger partial charge in [-0.3, -0.25) is 14.5 Å². The van der Waals surface area contributed by atoms with Crippen LogP contribution in [0.15, 0.2) is 65.7 Å². The van der Waals surface area contributed by atoms with Crippen molar-refractivity contribution >= 4 is 23.5 Å². The molecule has 5 rings (SSSR count). The van der Waals surface area contributed by atoms with Gasteiger partial charge in [-0.05, 0) is 72.1 Å². The number of phenolic OH excluding ortho intramolecular Hbond substituents is 1. The first-order valence-electron chi connectivity index (χ1n) is 14.8. The van der Waals surface area contributed by atoms with Gasteiger partial charge >= 0.3 is 0 Å². The number of ether oxygens (including phenoxy) is 1. The monoisotopic (exact) mass is 559 g/mol. The lowest BCUT2D eigenvalue weighted by Crippen LogP contribution is -2.42. The zero-order valence-corrected chi connectivity index (χ0v) is 23.7. The van der Waals surface area contributed by atoms with E-state index in [1.54, 1.807) is 19.2 Å². The molecule has 2 amide bonds. The van der Waals surface area contributed by atoms with Crippen LogP contribution in [-0.2, 0) is 14.3 Å². The van der Waals surface area contributed by atoms with Gasteiger partial charge in [-0.15, -0.1) is 0 Å². The Morgan fingerprint density at radius 2 is 1.73 bits per heavy atom. The van der Waals surface area contributed by atoms with Crippen molar-refractivity contribution in [2.75, 3.05) is 20.3 Å². The van der Waals surface area contributed by atoms with E-state index >= 15 is 0 Å². The fourth-order valence-corrected chi connectivity index (χ4v) is 7.16. The Morgan fingerprint density at radius 3 is 2.39 bits per heavy atom. The van der Waals surface area contributed by atoms with E-state index in [2.05, 4.69) is 0 Å². The molecule has 0 spiro atoms. The molecule has 218 valence electrons. The van der Waals surface area contributed by atoms with Crippen molar-refractivity contribution in [3.63, 3.8) is 0 Å². The van der Waals surface area contributed by atoms with Gasteiger partial charge in [0.1, 0.15) is 5.75 Å². The zero-order chi connectivity index (χ0) is 28.9. The maximum absolute atomic E-state index is 13.8. The molecule has 1 heterocycles. The molecule has 41 heavy (non-hydrogen) atoms. The summed E-state index contributed by atoms with van der Waals surface area (Å²) in [6, 6.07) is 16.9. The second kappa shape index (κ2) is 13.1. The van der Waals surface area contributed by atoms with Gasteiger partial charge in [0, 0.05) is 19.1 Å². The minimum absolute atomic E-state index is 0.0635. The Hall–Kier alpha value is -3.26. The molecular weight excluding hydrogens is 518 g/mol. The molecule has 2 fully saturated rings. The number of aliphatic hydroxyl groups excluding tert-OH is 2. The highest BCUT2D eigenvalue weighted by Gasteiger charge is 2.56. The molecule has 1 aliphatic heterocycles. The third-order valence-corrected chi connectivity index (χ3v) is 9.10. The van der Waals surface area contributed by atoms with Crippen molar-refractivity contribution in [1.82, 2.24) is 4.90 Å². The van der Waals surface area contributed by atoms with Crippen LogP contribution in [0, 0.1) is 17.8 Å². The summed E-state index contributed by atoms with van der Waals surface area (Å²) in [5, 5.41) is 32.0. The Labute approximate surface area is 242 Å². The molecule has 1 saturated carbocycles. The number of carbonyl (C=O) groups is 2. The van der Waals surface area contributed by atoms with Gasteiger partial charge < -0.3 is 20.1 Å². The van der Waals surface area contributed by atoms with Gasteiger partial charge in [-0.25, -0.2) is 0 Å². The molecular formula is C34H41NO6. The van der Waals surface area contributed by atoms with E-state index in [1.807, 2.05) is 48.5 Å². The number of nitrogens with zero attached hydrogens (tertiary/aromatic N) is 1. The standard InChI is InChI=1S/C34H41NO6/c1-41-21-25-19-28-32(34(40)35(33(28)39)26-10-6-3-7-11-26)29(20-36)31(25)30(38)17-14-24(23-8-4-2-5-9-23)18-22-12-15-27(37)16-13-22/h2,4-5,8-9,12-13,15-16,18,26,28-30,32,36-38H,3,6-7,10-11,14,17,19-21H2,1H3/b24-18-/t28-,29+,30-,32-/m1/s1. The second-order valence-electron chi connectivity index (χ2n) is 11.6. The van der Waals surface area contributed by atoms with Gasteiger partial charge in [0.25, 0.3) is 0 Å². The number of benzene rings is 2. The average Bonchev–Trinajstić information content (AvgIpc) is 3.25. The van der Waals surface area contributed by atoms with Crippen molar-refractivity contribution in [3.05, 3.63) is 76.9 Å². The Morgan fingerprint density at radius 1 is 1.02 bits per heavy atom. The maximum atomic E-state index is 13.8. The SMILES string of the molecule is COCC1=C([C@H](O)CC/C(=C/c2ccc(O)cc2)c2ccccc2)[C@H](CO)[C@@H]2C(=O)N(C3CCCCC3)C(=O)[C@@H]2C1. The quantitative estimate of drug-likeness (QED) is 0.216. The second-order valence-corrected chi connectivity index (χ2v) is 11.6. The number of aromatic hydroxyl groups is 1. The average molecular weight is 560 g/mol. The number of methoxy groups -OCH3 is 1. The molecule has 0 radical (unpaired) electrons. The predicted octanol–water partition coefficient (Wildman–Crippen LogP) is 4.96. The van der Waals surface area contributed by atoms with E-state index in [9.17, 15) is 24.9 Å². The van der Waals surface area contributed by atoms with E-state index in [4.69, 9.17) is 4.74 Å². The Balaban J connectivity index is 1.41. The fraction of sp³-hybridized carbons (Fsp3) is 0.471. The smallest absolute Gasteiger partial charge is 0.234 e. The number of likely N-dealkylation sites (tertiary alicyclic amines) is 1. The van der Waals surface area contributed by atoms with Crippen LogP contribution in [0.3, 0.4) is 0 Å². The molecule has 3 N–H and O–H groups in total. The van der Waals surface area contributed by atoms with Crippen molar-refractivity contribution < 1.29 is 29.6 Å². The topological polar surface area (TPSA) is 107 Å². The number of aliphatic hydroxyl groups is 2. The fourth-order valence-electron chi connectivity index (χ4n) is 7.16. The summed E-state index contributed by atoms with van der Waals surface area (Å²) in [4.78, 5) is 28.8. The van der Waals surface area contributed by atoms with Crippen LogP contribution < -0.4 is 0 Å². The van der Waals surface area contributed by atoms with Gasteiger partial charge in [0.05, 0.1) is 31.2 Å². The lowest BCUT2D eigenvalue weighted by Gasteiger charge is -2.36. The molecule has 0 aromatic heterocycles. The summed E-state index contributed by atoms with van der Waals surface area (Å²) < 4.78 is 5.50. The predicted molar refractivity (Wildman–Crippen MR) is 157 cm³/mol. The molecule has 2 aromatic carbocycles. The number of allylic oxidation sites excluding steroid dienone is 1. The van der Waals surface area contributed by atoms with Crippen molar-refractivity contribution in [3.8, 4) is 5.75 Å². The van der Waals surface area contributed by atoms with Crippen molar-refractivity contribution in [1.29, 1.82) is 0 Å². The summed E-state index contributed by atoms with van der Waals surface area (Å²) in [5.74, 6) is -1.91. The van der Waals surface area contributed by atoms with Crippen molar-refractivity contribution in [2.45, 2.75) is 63.5 Å². The van der Waals surface area contributed by atoms with Gasteiger partial charge in [0.15, 0.2) is 0 Å². The van der Waals surface area contributed by atoms with Crippen LogP contribution in [0.1, 0.15) is 62.5 Å². The zero-order valence-electron chi connectivity index (χ0n) is 23.7. The van der Waals surface area contributed by atoms with Crippen LogP contribution in [0.5, 0.6) is 5.75 Å². The minimum Gasteiger partial charge on any atom is -0.508 e. The number of imide groups is 1. The normalized spacial score (nSPS) is 24.6. The summed E-state index contributed by atoms with van der Waals surface area (Å²) >= 11 is 0. The number of fused-ring (bicyclic) bond motifs is 1. The number of hydrogen-bond acceptors (Lipinski definition) is 6. The summed E-state index contributed by atoms with van der Waals surface area (Å²) in [6.45, 7) is -0.0703. The van der Waals surface area contributed by atoms with Gasteiger partial charge in [-0.2, -0.15) is 0 Å². The minimum atomic E-state index is -0.906. The first-order chi connectivity index (χ1) is 19.9. The van der Waals surface area contributed by atoms with Gasteiger partial charge in [-0.1, -0.05) is 67.8 Å². The number of hydrogen-bond donors (Lipinski definition) is 3. The lowest BCUT2D eigenvalue weighted by molar-refractivity contribution is -0.143. The van der Waals surface area contributed by atoms with Crippen LogP contribution in [-0.4, -0.2) is 64.5 Å². The molecule has 7 heteroatoms. The molecule has 2 aromatic rings. The first-order valence-corrected chi connectivity index (χ1v) is 14.8. The number of amides is 2. The van der Waals surface area contributed by atoms with Crippen LogP contribution in [0.25, 0.3) is 11.6 Å². The lowest BCUT2D eigenvalue weighted by atomic mass is 9.68. The van der Waals surface area contributed by atoms with E-state index in [0.29, 0.717) is 24.8 Å². The summed E-state index contributed by atoms with van der Waals surface area (Å²) in [5.41, 5.74) is 4.45. The number of phenols is 1. The van der Waals surface area contributed by atoms with Crippen molar-refractivity contribution in [2.24, 2.45) is 17.8 Å². The van der Waals surface area contributed by atoms with E-state index < -0.39 is 23.9 Å². The van der Waals surface area contributed by atoms with Crippen LogP contribution in [0.2, 0.25) is 0 Å². The van der Waals surface area contributed by atoms with Crippen LogP contribution in [0.4, 0.5) is 0 Å². The first kappa shape index (κ1) is 29.2. The molecule has 0 bridgehead atoms. The summed E-state index contributed by atoms with van der Waals surface area (Å²) in [6.07, 6.45) is 7.26. The summed E-state index contributed by atoms with van der Waals surface area (Å²) in [7, 11) is 1.58. The molecule has 0 unspecified atom stereocenters. The highest BCUT2D eigenvalue weighted by Crippen LogP contribution is 2.47. The third kappa shape index (κ3) is 6.17. The van der Waals surface area contributed by atoms with E-state index in [-0.39, 0.29) is 36.8 Å². The highest BCUT2D eigenvalue weighted by atomic mass is 16.5. The van der Waals surface area contributed by atoms with Gasteiger partial charge in [0.2, 0.25) is 11.8 Å². The largest absolute Gasteiger partial charge is 0.508 e. The number of rotatable bonds is 10. The van der Waals surface area contributed by atoms with Crippen LogP contribution >= 0.6 is 0 Å². The third-order valence-electron chi connectivity index (χ3n) is 9.10. The molecule has 1 saturated heterocycles.